The minimum Gasteiger partial charge on any atom is -0.309 e. The van der Waals surface area contributed by atoms with Crippen LogP contribution in [0.5, 0.6) is 0 Å². The molecule has 10 aromatic rings. The van der Waals surface area contributed by atoms with Crippen LogP contribution in [0.25, 0.3) is 47.7 Å². The second kappa shape index (κ2) is 11.8. The van der Waals surface area contributed by atoms with Crippen LogP contribution in [-0.4, -0.2) is 4.57 Å². The summed E-state index contributed by atoms with van der Waals surface area (Å²) >= 11 is 5.55. The van der Waals surface area contributed by atoms with E-state index in [0.29, 0.717) is 0 Å². The molecule has 0 spiro atoms. The van der Waals surface area contributed by atoms with Gasteiger partial charge in [-0.25, -0.2) is 0 Å². The third kappa shape index (κ3) is 4.51. The number of hydrogen-bond donors (Lipinski definition) is 0. The molecule has 0 saturated heterocycles. The molecule has 0 atom stereocenters. The van der Waals surface area contributed by atoms with Crippen molar-refractivity contribution in [2.45, 2.75) is 19.6 Å². The first-order valence-electron chi connectivity index (χ1n) is 18.1. The molecule has 0 aliphatic carbocycles. The monoisotopic (exact) mass is 743 g/mol. The van der Waals surface area contributed by atoms with Crippen molar-refractivity contribution < 1.29 is 0 Å². The normalized spacial score (nSPS) is 13.3. The van der Waals surface area contributed by atoms with E-state index in [9.17, 15) is 0 Å². The highest BCUT2D eigenvalue weighted by Gasteiger charge is 2.27. The van der Waals surface area contributed by atoms with E-state index in [0.717, 1.165) is 11.4 Å². The van der Waals surface area contributed by atoms with Gasteiger partial charge in [0.15, 0.2) is 0 Å². The van der Waals surface area contributed by atoms with Crippen LogP contribution >= 0.6 is 34.9 Å². The Balaban J connectivity index is 1.13. The topological polar surface area (TPSA) is 11.4 Å². The molecule has 0 bridgehead atoms. The number of hydrogen-bond acceptors (Lipinski definition) is 5. The molecular weight excluding hydrogens is 715 g/mol. The molecule has 254 valence electrons. The second-order valence-corrected chi connectivity index (χ2v) is 17.0. The molecule has 6 heteroatoms. The van der Waals surface area contributed by atoms with Crippen molar-refractivity contribution in [3.63, 3.8) is 0 Å². The Morgan fingerprint density at radius 1 is 0.315 bits per heavy atom. The lowest BCUT2D eigenvalue weighted by molar-refractivity contribution is 1.16. The Morgan fingerprint density at radius 3 is 1.24 bits per heavy atom. The van der Waals surface area contributed by atoms with Crippen LogP contribution in [0.3, 0.4) is 0 Å². The van der Waals surface area contributed by atoms with E-state index in [-0.39, 0.29) is 0 Å². The van der Waals surface area contributed by atoms with Gasteiger partial charge in [-0.05, 0) is 109 Å². The SMILES string of the molecule is c1ccc2c(c1)Sc1ccccc1N2c1ccc2c(c1)c1cc(N3c4ccccc4Sc4ccccc43)ccc1n2-c1ccc2sc3ccccc3c2c1. The van der Waals surface area contributed by atoms with Gasteiger partial charge in [0.2, 0.25) is 0 Å². The molecular formula is C48H29N3S3. The van der Waals surface area contributed by atoms with Gasteiger partial charge in [0.25, 0.3) is 0 Å². The van der Waals surface area contributed by atoms with E-state index >= 15 is 0 Å². The Morgan fingerprint density at radius 2 is 0.722 bits per heavy atom. The van der Waals surface area contributed by atoms with E-state index in [4.69, 9.17) is 0 Å². The lowest BCUT2D eigenvalue weighted by Crippen LogP contribution is -2.14. The summed E-state index contributed by atoms with van der Waals surface area (Å²) in [7, 11) is 0. The number of thiophene rings is 1. The van der Waals surface area contributed by atoms with Crippen LogP contribution in [0.1, 0.15) is 0 Å². The summed E-state index contributed by atoms with van der Waals surface area (Å²) in [6, 6.07) is 64.9. The van der Waals surface area contributed by atoms with Gasteiger partial charge in [-0.2, -0.15) is 0 Å². The van der Waals surface area contributed by atoms with E-state index in [1.54, 1.807) is 0 Å². The number of fused-ring (bicyclic) bond motifs is 10. The molecule has 2 aliphatic heterocycles. The summed E-state index contributed by atoms with van der Waals surface area (Å²) in [6.45, 7) is 0. The zero-order chi connectivity index (χ0) is 35.3. The first-order valence-corrected chi connectivity index (χ1v) is 20.5. The lowest BCUT2D eigenvalue weighted by atomic mass is 10.1. The molecule has 0 amide bonds. The van der Waals surface area contributed by atoms with Crippen LogP contribution < -0.4 is 9.80 Å². The highest BCUT2D eigenvalue weighted by Crippen LogP contribution is 2.54. The smallest absolute Gasteiger partial charge is 0.0601 e. The predicted octanol–water partition coefficient (Wildman–Crippen LogP) is 15.0. The van der Waals surface area contributed by atoms with E-state index < -0.39 is 0 Å². The quantitative estimate of drug-likeness (QED) is 0.178. The lowest BCUT2D eigenvalue weighted by Gasteiger charge is -2.33. The minimum absolute atomic E-state index is 1.15. The minimum atomic E-state index is 1.15. The largest absolute Gasteiger partial charge is 0.309 e. The van der Waals surface area contributed by atoms with E-state index in [1.807, 2.05) is 34.9 Å². The molecule has 0 radical (unpaired) electrons. The molecule has 2 aliphatic rings. The van der Waals surface area contributed by atoms with Gasteiger partial charge in [0.1, 0.15) is 0 Å². The first-order chi connectivity index (χ1) is 26.8. The summed E-state index contributed by atoms with van der Waals surface area (Å²) in [5.74, 6) is 0. The Labute approximate surface area is 324 Å². The number of benzene rings is 8. The highest BCUT2D eigenvalue weighted by atomic mass is 32.2. The predicted molar refractivity (Wildman–Crippen MR) is 231 cm³/mol. The van der Waals surface area contributed by atoms with Crippen molar-refractivity contribution >= 4 is 111 Å². The molecule has 8 aromatic carbocycles. The zero-order valence-electron chi connectivity index (χ0n) is 28.8. The van der Waals surface area contributed by atoms with Crippen molar-refractivity contribution in [2.24, 2.45) is 0 Å². The van der Waals surface area contributed by atoms with Gasteiger partial charge < -0.3 is 14.4 Å². The van der Waals surface area contributed by atoms with Crippen LogP contribution in [-0.2, 0) is 0 Å². The number of aromatic nitrogens is 1. The first kappa shape index (κ1) is 30.5. The molecule has 4 heterocycles. The Kier molecular flexibility index (Phi) is 6.67. The van der Waals surface area contributed by atoms with Gasteiger partial charge in [0.05, 0.1) is 33.8 Å². The van der Waals surface area contributed by atoms with Gasteiger partial charge in [-0.1, -0.05) is 90.3 Å². The van der Waals surface area contributed by atoms with Crippen molar-refractivity contribution in [1.29, 1.82) is 0 Å². The van der Waals surface area contributed by atoms with Gasteiger partial charge >= 0.3 is 0 Å². The highest BCUT2D eigenvalue weighted by molar-refractivity contribution is 8.00. The second-order valence-electron chi connectivity index (χ2n) is 13.8. The van der Waals surface area contributed by atoms with Crippen molar-refractivity contribution in [1.82, 2.24) is 4.57 Å². The summed E-state index contributed by atoms with van der Waals surface area (Å²) in [5, 5.41) is 5.06. The molecule has 2 aromatic heterocycles. The maximum Gasteiger partial charge on any atom is 0.0601 e. The number of anilines is 6. The zero-order valence-corrected chi connectivity index (χ0v) is 31.3. The standard InChI is InChI=1S/C48H29N3S3/c1-6-16-43-33(11-1)36-29-32(23-26-44(36)52-43)49-37-24-21-30(50-39-12-2-7-17-45(39)53-46-18-8-3-13-40(46)50)27-34(37)35-28-31(22-25-38(35)49)51-41-14-4-9-19-47(41)54-48-20-10-5-15-42(48)51/h1-29H. The summed E-state index contributed by atoms with van der Waals surface area (Å²) in [6.07, 6.45) is 0. The number of rotatable bonds is 3. The van der Waals surface area contributed by atoms with Crippen molar-refractivity contribution in [2.75, 3.05) is 9.80 Å². The van der Waals surface area contributed by atoms with Crippen molar-refractivity contribution in [3.05, 3.63) is 176 Å². The number of nitrogens with zero attached hydrogens (tertiary/aromatic N) is 3. The average molecular weight is 744 g/mol. The maximum absolute atomic E-state index is 2.46. The molecule has 0 saturated carbocycles. The van der Waals surface area contributed by atoms with E-state index in [2.05, 4.69) is 190 Å². The van der Waals surface area contributed by atoms with Gasteiger partial charge in [-0.3, -0.25) is 0 Å². The molecule has 0 fully saturated rings. The van der Waals surface area contributed by atoms with Crippen LogP contribution in [0.4, 0.5) is 34.1 Å². The fraction of sp³-hybridized carbons (Fsp3) is 0. The van der Waals surface area contributed by atoms with Crippen LogP contribution in [0.15, 0.2) is 196 Å². The summed E-state index contributed by atoms with van der Waals surface area (Å²) in [5.41, 5.74) is 10.7. The average Bonchev–Trinajstić information content (AvgIpc) is 3.76. The van der Waals surface area contributed by atoms with Gasteiger partial charge in [-0.15, -0.1) is 11.3 Å². The van der Waals surface area contributed by atoms with Crippen LogP contribution in [0, 0.1) is 0 Å². The Bertz CT molecular complexity index is 2910. The van der Waals surface area contributed by atoms with Gasteiger partial charge in [0, 0.05) is 67.6 Å². The maximum atomic E-state index is 2.46. The van der Waals surface area contributed by atoms with Crippen LogP contribution in [0.2, 0.25) is 0 Å². The van der Waals surface area contributed by atoms with E-state index in [1.165, 1.54) is 90.0 Å². The molecule has 12 rings (SSSR count). The van der Waals surface area contributed by atoms with Crippen molar-refractivity contribution in [3.8, 4) is 5.69 Å². The molecule has 0 unspecified atom stereocenters. The fourth-order valence-corrected chi connectivity index (χ4v) is 11.6. The number of para-hydroxylation sites is 4. The third-order valence-electron chi connectivity index (χ3n) is 10.7. The molecule has 0 N–H and O–H groups in total. The third-order valence-corrected chi connectivity index (χ3v) is 14.1. The summed E-state index contributed by atoms with van der Waals surface area (Å²) < 4.78 is 5.10. The summed E-state index contributed by atoms with van der Waals surface area (Å²) in [4.78, 5) is 9.92. The Hall–Kier alpha value is -5.92. The fourth-order valence-electron chi connectivity index (χ4n) is 8.37. The molecule has 3 nitrogen and oxygen atoms in total. The molecule has 54 heavy (non-hydrogen) atoms.